The highest BCUT2D eigenvalue weighted by atomic mass is 19.4. The number of alkyl halides is 3. The largest absolute Gasteiger partial charge is 0.508 e. The molecule has 1 aromatic carbocycles. The number of piperidine rings is 1. The van der Waals surface area contributed by atoms with Crippen LogP contribution in [0.15, 0.2) is 18.2 Å². The first-order valence-corrected chi connectivity index (χ1v) is 6.45. The summed E-state index contributed by atoms with van der Waals surface area (Å²) in [4.78, 5) is 13.5. The van der Waals surface area contributed by atoms with Gasteiger partial charge in [-0.25, -0.2) is 0 Å². The predicted molar refractivity (Wildman–Crippen MR) is 67.5 cm³/mol. The third kappa shape index (κ3) is 2.89. The first-order chi connectivity index (χ1) is 9.30. The van der Waals surface area contributed by atoms with Crippen molar-refractivity contribution in [2.75, 3.05) is 13.1 Å². The van der Waals surface area contributed by atoms with Gasteiger partial charge >= 0.3 is 6.18 Å². The first-order valence-electron chi connectivity index (χ1n) is 6.45. The Bertz CT molecular complexity index is 514. The maximum Gasteiger partial charge on any atom is 0.393 e. The van der Waals surface area contributed by atoms with Crippen molar-refractivity contribution < 1.29 is 23.1 Å². The number of carbonyl (C=O) groups excluding carboxylic acids is 1. The van der Waals surface area contributed by atoms with Crippen molar-refractivity contribution in [1.29, 1.82) is 0 Å². The summed E-state index contributed by atoms with van der Waals surface area (Å²) in [6.45, 7) is 1.59. The van der Waals surface area contributed by atoms with Gasteiger partial charge in [0.25, 0.3) is 5.91 Å². The normalized spacial score (nSPS) is 20.0. The van der Waals surface area contributed by atoms with Gasteiger partial charge in [0, 0.05) is 24.2 Å². The number of phenols is 1. The summed E-state index contributed by atoms with van der Waals surface area (Å²) in [5.74, 6) is -1.94. The molecule has 1 N–H and O–H groups in total. The number of rotatable bonds is 1. The van der Waals surface area contributed by atoms with E-state index in [0.717, 1.165) is 0 Å². The first kappa shape index (κ1) is 14.7. The van der Waals surface area contributed by atoms with Gasteiger partial charge < -0.3 is 10.0 Å². The Morgan fingerprint density at radius 2 is 2.10 bits per heavy atom. The second-order valence-corrected chi connectivity index (χ2v) is 5.08. The van der Waals surface area contributed by atoms with E-state index in [1.807, 2.05) is 0 Å². The van der Waals surface area contributed by atoms with E-state index in [-0.39, 0.29) is 24.3 Å². The Morgan fingerprint density at radius 1 is 1.40 bits per heavy atom. The van der Waals surface area contributed by atoms with E-state index in [1.165, 1.54) is 23.1 Å². The van der Waals surface area contributed by atoms with Crippen LogP contribution in [0.5, 0.6) is 5.75 Å². The zero-order valence-electron chi connectivity index (χ0n) is 11.1. The number of nitrogens with zero attached hydrogens (tertiary/aromatic N) is 1. The number of hydrogen-bond acceptors (Lipinski definition) is 2. The van der Waals surface area contributed by atoms with Gasteiger partial charge in [-0.1, -0.05) is 6.07 Å². The van der Waals surface area contributed by atoms with Crippen LogP contribution in [0, 0.1) is 12.8 Å². The molecule has 1 aromatic rings. The second kappa shape index (κ2) is 5.34. The fourth-order valence-corrected chi connectivity index (χ4v) is 2.45. The standard InChI is InChI=1S/C14H16F3NO2/c1-9-11(5-2-6-12(9)19)13(20)18-7-3-4-10(8-18)14(15,16)17/h2,5-6,10,19H,3-4,7-8H2,1H3. The van der Waals surface area contributed by atoms with E-state index in [4.69, 9.17) is 0 Å². The number of halogens is 3. The summed E-state index contributed by atoms with van der Waals surface area (Å²) in [6, 6.07) is 4.48. The van der Waals surface area contributed by atoms with E-state index in [9.17, 15) is 23.1 Å². The summed E-state index contributed by atoms with van der Waals surface area (Å²) in [7, 11) is 0. The van der Waals surface area contributed by atoms with Gasteiger partial charge in [0.1, 0.15) is 5.75 Å². The molecule has 0 bridgehead atoms. The molecule has 110 valence electrons. The van der Waals surface area contributed by atoms with E-state index < -0.39 is 18.0 Å². The highest BCUT2D eigenvalue weighted by Gasteiger charge is 2.42. The quantitative estimate of drug-likeness (QED) is 0.862. The topological polar surface area (TPSA) is 40.5 Å². The minimum Gasteiger partial charge on any atom is -0.508 e. The van der Waals surface area contributed by atoms with Gasteiger partial charge in [0.05, 0.1) is 5.92 Å². The fraction of sp³-hybridized carbons (Fsp3) is 0.500. The Hall–Kier alpha value is -1.72. The summed E-state index contributed by atoms with van der Waals surface area (Å²) in [6.07, 6.45) is -3.87. The molecule has 6 heteroatoms. The Labute approximate surface area is 115 Å². The Kier molecular flexibility index (Phi) is 3.92. The minimum absolute atomic E-state index is 0.0276. The van der Waals surface area contributed by atoms with Crippen LogP contribution >= 0.6 is 0 Å². The van der Waals surface area contributed by atoms with Crippen LogP contribution < -0.4 is 0 Å². The minimum atomic E-state index is -4.27. The molecule has 20 heavy (non-hydrogen) atoms. The van der Waals surface area contributed by atoms with Crippen LogP contribution in [0.3, 0.4) is 0 Å². The van der Waals surface area contributed by atoms with Gasteiger partial charge in [0.15, 0.2) is 0 Å². The van der Waals surface area contributed by atoms with Crippen molar-refractivity contribution in [3.05, 3.63) is 29.3 Å². The number of hydrogen-bond donors (Lipinski definition) is 1. The van der Waals surface area contributed by atoms with Crippen molar-refractivity contribution >= 4 is 5.91 Å². The summed E-state index contributed by atoms with van der Waals surface area (Å²) in [5.41, 5.74) is 0.652. The van der Waals surface area contributed by atoms with E-state index >= 15 is 0 Å². The van der Waals surface area contributed by atoms with Gasteiger partial charge in [0.2, 0.25) is 0 Å². The molecule has 1 saturated heterocycles. The summed E-state index contributed by atoms with van der Waals surface area (Å²) in [5, 5.41) is 9.58. The maximum absolute atomic E-state index is 12.7. The second-order valence-electron chi connectivity index (χ2n) is 5.08. The van der Waals surface area contributed by atoms with Crippen LogP contribution in [0.1, 0.15) is 28.8 Å². The number of aromatic hydroxyl groups is 1. The number of benzene rings is 1. The van der Waals surface area contributed by atoms with Crippen molar-refractivity contribution in [3.8, 4) is 5.75 Å². The van der Waals surface area contributed by atoms with Gasteiger partial charge in [-0.15, -0.1) is 0 Å². The Balaban J connectivity index is 2.19. The van der Waals surface area contributed by atoms with Crippen LogP contribution in [0.25, 0.3) is 0 Å². The molecule has 3 nitrogen and oxygen atoms in total. The van der Waals surface area contributed by atoms with Gasteiger partial charge in [-0.2, -0.15) is 13.2 Å². The molecule has 0 saturated carbocycles. The Morgan fingerprint density at radius 3 is 2.75 bits per heavy atom. The molecule has 0 spiro atoms. The van der Waals surface area contributed by atoms with Crippen molar-refractivity contribution in [2.24, 2.45) is 5.92 Å². The molecular weight excluding hydrogens is 271 g/mol. The molecule has 0 aliphatic carbocycles. The smallest absolute Gasteiger partial charge is 0.393 e. The van der Waals surface area contributed by atoms with Crippen LogP contribution in [0.4, 0.5) is 13.2 Å². The van der Waals surface area contributed by atoms with Crippen molar-refractivity contribution in [2.45, 2.75) is 25.9 Å². The molecule has 1 unspecified atom stereocenters. The molecule has 0 aromatic heterocycles. The third-order valence-corrected chi connectivity index (χ3v) is 3.71. The highest BCUT2D eigenvalue weighted by molar-refractivity contribution is 5.96. The molecular formula is C14H16F3NO2. The van der Waals surface area contributed by atoms with E-state index in [0.29, 0.717) is 18.5 Å². The highest BCUT2D eigenvalue weighted by Crippen LogP contribution is 2.34. The fourth-order valence-electron chi connectivity index (χ4n) is 2.45. The van der Waals surface area contributed by atoms with Crippen molar-refractivity contribution in [1.82, 2.24) is 4.90 Å². The monoisotopic (exact) mass is 287 g/mol. The SMILES string of the molecule is Cc1c(O)cccc1C(=O)N1CCCC(C(F)(F)F)C1. The lowest BCUT2D eigenvalue weighted by Gasteiger charge is -2.34. The van der Waals surface area contributed by atoms with Crippen molar-refractivity contribution in [3.63, 3.8) is 0 Å². The van der Waals surface area contributed by atoms with Crippen LogP contribution in [-0.2, 0) is 0 Å². The summed E-state index contributed by atoms with van der Waals surface area (Å²) >= 11 is 0. The number of likely N-dealkylation sites (tertiary alicyclic amines) is 1. The number of amides is 1. The molecule has 1 aliphatic rings. The molecule has 1 heterocycles. The molecule has 1 atom stereocenters. The zero-order valence-corrected chi connectivity index (χ0v) is 11.1. The number of carbonyl (C=O) groups is 1. The lowest BCUT2D eigenvalue weighted by atomic mass is 9.96. The maximum atomic E-state index is 12.7. The summed E-state index contributed by atoms with van der Waals surface area (Å²) < 4.78 is 38.2. The lowest BCUT2D eigenvalue weighted by molar-refractivity contribution is -0.184. The average molecular weight is 287 g/mol. The van der Waals surface area contributed by atoms with Crippen LogP contribution in [-0.4, -0.2) is 35.2 Å². The lowest BCUT2D eigenvalue weighted by Crippen LogP contribution is -2.44. The molecule has 0 radical (unpaired) electrons. The van der Waals surface area contributed by atoms with Gasteiger partial charge in [-0.3, -0.25) is 4.79 Å². The molecule has 1 aliphatic heterocycles. The number of phenolic OH excluding ortho intramolecular Hbond substituents is 1. The zero-order chi connectivity index (χ0) is 14.9. The molecule has 2 rings (SSSR count). The van der Waals surface area contributed by atoms with Crippen LogP contribution in [0.2, 0.25) is 0 Å². The van der Waals surface area contributed by atoms with E-state index in [1.54, 1.807) is 6.92 Å². The third-order valence-electron chi connectivity index (χ3n) is 3.71. The van der Waals surface area contributed by atoms with E-state index in [2.05, 4.69) is 0 Å². The average Bonchev–Trinajstić information content (AvgIpc) is 2.40. The molecule has 1 amide bonds. The van der Waals surface area contributed by atoms with Gasteiger partial charge in [-0.05, 0) is 31.9 Å². The predicted octanol–water partition coefficient (Wildman–Crippen LogP) is 3.12. The molecule has 1 fully saturated rings.